The molecule has 4 nitrogen and oxygen atoms in total. The van der Waals surface area contributed by atoms with Crippen LogP contribution >= 0.6 is 0 Å². The van der Waals surface area contributed by atoms with Crippen LogP contribution in [0, 0.1) is 0 Å². The number of benzene rings is 4. The lowest BCUT2D eigenvalue weighted by Crippen LogP contribution is -2.19. The Balaban J connectivity index is 1.36. The maximum absolute atomic E-state index is 5.54. The topological polar surface area (TPSA) is 51.4 Å². The number of H-pyrrole nitrogens is 1. The van der Waals surface area contributed by atoms with Crippen LogP contribution in [0.15, 0.2) is 139 Å². The molecule has 2 aliphatic carbocycles. The molecule has 4 aromatic carbocycles. The third-order valence-electron chi connectivity index (χ3n) is 8.75. The fourth-order valence-corrected chi connectivity index (χ4v) is 6.97. The molecule has 42 heavy (non-hydrogen) atoms. The Morgan fingerprint density at radius 2 is 1.17 bits per heavy atom. The van der Waals surface area contributed by atoms with Crippen LogP contribution in [-0.4, -0.2) is 10.7 Å². The van der Waals surface area contributed by atoms with E-state index in [0.29, 0.717) is 0 Å². The largest absolute Gasteiger partial charge is 0.354 e. The lowest BCUT2D eigenvalue weighted by molar-refractivity contribution is -0.378. The molecule has 0 radical (unpaired) electrons. The molecule has 6 aromatic rings. The predicted molar refractivity (Wildman–Crippen MR) is 169 cm³/mol. The first kappa shape index (κ1) is 23.1. The van der Waals surface area contributed by atoms with Crippen molar-refractivity contribution in [1.82, 2.24) is 4.98 Å². The van der Waals surface area contributed by atoms with Gasteiger partial charge in [-0.25, -0.2) is 4.98 Å². The van der Waals surface area contributed by atoms with E-state index in [1.807, 2.05) is 18.6 Å². The Labute approximate surface area is 243 Å². The molecule has 1 aliphatic heterocycles. The number of hydrogen-bond donors (Lipinski definition) is 1. The second-order valence-corrected chi connectivity index (χ2v) is 10.9. The van der Waals surface area contributed by atoms with Crippen LogP contribution < -0.4 is 10.3 Å². The van der Waals surface area contributed by atoms with Crippen molar-refractivity contribution in [2.75, 3.05) is 5.32 Å². The van der Waals surface area contributed by atoms with Crippen molar-refractivity contribution in [2.24, 2.45) is 4.99 Å². The van der Waals surface area contributed by atoms with Crippen LogP contribution in [0.3, 0.4) is 0 Å². The lowest BCUT2D eigenvalue weighted by Gasteiger charge is -2.25. The number of aromatic amines is 1. The number of aromatic nitrogens is 2. The van der Waals surface area contributed by atoms with Gasteiger partial charge in [0.05, 0.1) is 34.3 Å². The van der Waals surface area contributed by atoms with Gasteiger partial charge in [-0.1, -0.05) is 97.1 Å². The third-order valence-corrected chi connectivity index (χ3v) is 8.75. The molecule has 0 saturated heterocycles. The minimum atomic E-state index is -0.0127. The normalized spacial score (nSPS) is 14.3. The van der Waals surface area contributed by atoms with Gasteiger partial charge in [-0.05, 0) is 50.6 Å². The Morgan fingerprint density at radius 1 is 0.571 bits per heavy atom. The fourth-order valence-electron chi connectivity index (χ4n) is 6.97. The molecule has 4 heteroatoms. The summed E-state index contributed by atoms with van der Waals surface area (Å²) in [5.41, 5.74) is 17.2. The number of hydrogen-bond acceptors (Lipinski definition) is 3. The van der Waals surface area contributed by atoms with Gasteiger partial charge in [0.1, 0.15) is 0 Å². The molecule has 3 heterocycles. The van der Waals surface area contributed by atoms with Crippen LogP contribution in [0.2, 0.25) is 0 Å². The number of rotatable bonds is 1. The molecule has 0 fully saturated rings. The zero-order valence-corrected chi connectivity index (χ0v) is 22.7. The van der Waals surface area contributed by atoms with Crippen molar-refractivity contribution in [2.45, 2.75) is 5.92 Å². The van der Waals surface area contributed by atoms with Crippen molar-refractivity contribution in [3.05, 3.63) is 167 Å². The zero-order chi connectivity index (χ0) is 27.6. The number of fused-ring (bicyclic) bond motifs is 8. The Morgan fingerprint density at radius 3 is 1.83 bits per heavy atom. The highest BCUT2D eigenvalue weighted by molar-refractivity contribution is 6.19. The number of pyridine rings is 2. The van der Waals surface area contributed by atoms with Gasteiger partial charge in [-0.3, -0.25) is 9.98 Å². The highest BCUT2D eigenvalue weighted by atomic mass is 14.9. The molecule has 0 amide bonds. The molecular formula is C38H25N4+. The number of nitrogens with one attached hydrogen (secondary N) is 2. The van der Waals surface area contributed by atoms with E-state index in [1.165, 1.54) is 50.1 Å². The van der Waals surface area contributed by atoms with E-state index in [4.69, 9.17) is 4.99 Å². The number of aliphatic imine (C=N–C) groups is 1. The summed E-state index contributed by atoms with van der Waals surface area (Å²) in [7, 11) is 0. The number of nitrogens with zero attached hydrogens (tertiary/aromatic N) is 2. The summed E-state index contributed by atoms with van der Waals surface area (Å²) in [6.45, 7) is 0. The zero-order valence-electron chi connectivity index (χ0n) is 22.7. The van der Waals surface area contributed by atoms with Crippen LogP contribution in [-0.2, 0) is 0 Å². The smallest absolute Gasteiger partial charge is 0.178 e. The summed E-state index contributed by atoms with van der Waals surface area (Å²) in [6, 6.07) is 38.9. The molecule has 0 bridgehead atoms. The molecule has 0 saturated carbocycles. The summed E-state index contributed by atoms with van der Waals surface area (Å²) >= 11 is 0. The molecule has 0 spiro atoms. The first-order valence-electron chi connectivity index (χ1n) is 14.3. The summed E-state index contributed by atoms with van der Waals surface area (Å²) in [5.74, 6) is -0.0127. The molecule has 2 N–H and O–H groups in total. The second kappa shape index (κ2) is 8.95. The SMILES string of the molecule is c1ccc2c(c1)C(=C1Nc3ccncc3C(C3c4ccccc4-c4ccccc43)=Nc3cc[nH+]cc31)c1ccccc1-2. The van der Waals surface area contributed by atoms with Gasteiger partial charge in [0, 0.05) is 29.6 Å². The summed E-state index contributed by atoms with van der Waals surface area (Å²) in [5, 5.41) is 3.92. The second-order valence-electron chi connectivity index (χ2n) is 10.9. The summed E-state index contributed by atoms with van der Waals surface area (Å²) in [4.78, 5) is 13.5. The van der Waals surface area contributed by atoms with Gasteiger partial charge in [0.15, 0.2) is 12.4 Å². The van der Waals surface area contributed by atoms with E-state index >= 15 is 0 Å². The summed E-state index contributed by atoms with van der Waals surface area (Å²) < 4.78 is 0. The van der Waals surface area contributed by atoms with Crippen molar-refractivity contribution >= 4 is 28.4 Å². The van der Waals surface area contributed by atoms with Crippen LogP contribution in [0.5, 0.6) is 0 Å². The molecule has 0 atom stereocenters. The van der Waals surface area contributed by atoms with E-state index in [1.54, 1.807) is 0 Å². The highest BCUT2D eigenvalue weighted by Crippen LogP contribution is 2.51. The molecular weight excluding hydrogens is 512 g/mol. The number of anilines is 1. The average molecular weight is 538 g/mol. The minimum absolute atomic E-state index is 0.0127. The van der Waals surface area contributed by atoms with Crippen molar-refractivity contribution < 1.29 is 4.98 Å². The standard InChI is InChI=1S/C38H24N4/c1-5-13-27-23(9-1)24-10-2-6-14-28(24)35(27)37-31-21-39-19-17-33(31)42-38(32-22-40-20-18-34(32)41-37)36-29-15-7-3-11-25(29)26-12-4-8-16-30(26)36/h1-22,35,42H/p+1. The van der Waals surface area contributed by atoms with E-state index in [-0.39, 0.29) is 5.92 Å². The molecule has 196 valence electrons. The quantitative estimate of drug-likeness (QED) is 0.230. The van der Waals surface area contributed by atoms with Crippen LogP contribution in [0.4, 0.5) is 11.4 Å². The van der Waals surface area contributed by atoms with Gasteiger partial charge in [0.2, 0.25) is 0 Å². The predicted octanol–water partition coefficient (Wildman–Crippen LogP) is 8.15. The van der Waals surface area contributed by atoms with Crippen LogP contribution in [0.25, 0.3) is 33.5 Å². The van der Waals surface area contributed by atoms with Gasteiger partial charge in [-0.2, -0.15) is 0 Å². The van der Waals surface area contributed by atoms with E-state index in [2.05, 4.69) is 131 Å². The van der Waals surface area contributed by atoms with Crippen molar-refractivity contribution in [1.29, 1.82) is 0 Å². The first-order valence-corrected chi connectivity index (χ1v) is 14.3. The fraction of sp³-hybridized carbons (Fsp3) is 0.0263. The Kier molecular flexibility index (Phi) is 4.93. The lowest BCUT2D eigenvalue weighted by atomic mass is 9.87. The third kappa shape index (κ3) is 3.26. The molecule has 3 aliphatic rings. The highest BCUT2D eigenvalue weighted by Gasteiger charge is 2.36. The van der Waals surface area contributed by atoms with Gasteiger partial charge in [0.25, 0.3) is 0 Å². The molecule has 0 unspecified atom stereocenters. The van der Waals surface area contributed by atoms with E-state index < -0.39 is 0 Å². The van der Waals surface area contributed by atoms with Gasteiger partial charge >= 0.3 is 0 Å². The molecule has 2 aromatic heterocycles. The van der Waals surface area contributed by atoms with E-state index in [0.717, 1.165) is 33.9 Å². The van der Waals surface area contributed by atoms with Crippen molar-refractivity contribution in [3.8, 4) is 22.3 Å². The average Bonchev–Trinajstić information content (AvgIpc) is 3.55. The van der Waals surface area contributed by atoms with Crippen molar-refractivity contribution in [3.63, 3.8) is 0 Å². The maximum Gasteiger partial charge on any atom is 0.178 e. The van der Waals surface area contributed by atoms with Gasteiger partial charge in [-0.15, -0.1) is 0 Å². The minimum Gasteiger partial charge on any atom is -0.354 e. The maximum atomic E-state index is 5.54. The van der Waals surface area contributed by atoms with E-state index in [9.17, 15) is 0 Å². The van der Waals surface area contributed by atoms with Crippen LogP contribution in [0.1, 0.15) is 39.3 Å². The molecule has 9 rings (SSSR count). The first-order chi connectivity index (χ1) is 20.9. The Bertz CT molecular complexity index is 2040. The summed E-state index contributed by atoms with van der Waals surface area (Å²) in [6.07, 6.45) is 7.85. The van der Waals surface area contributed by atoms with Gasteiger partial charge < -0.3 is 5.32 Å². The monoisotopic (exact) mass is 537 g/mol. The Hall–Kier alpha value is -5.61.